The van der Waals surface area contributed by atoms with Gasteiger partial charge in [-0.3, -0.25) is 9.59 Å². The van der Waals surface area contributed by atoms with Gasteiger partial charge in [-0.1, -0.05) is 197 Å². The highest BCUT2D eigenvalue weighted by Crippen LogP contribution is 2.20. The number of ether oxygens (including phenoxy) is 2. The van der Waals surface area contributed by atoms with E-state index in [1.807, 2.05) is 21.6 Å². The zero-order chi connectivity index (χ0) is 37.6. The van der Waals surface area contributed by atoms with Gasteiger partial charge in [-0.15, -0.1) is 0 Å². The van der Waals surface area contributed by atoms with E-state index in [9.17, 15) is 9.59 Å². The van der Waals surface area contributed by atoms with Crippen molar-refractivity contribution >= 4 is 34.0 Å². The molecule has 0 fully saturated rings. The summed E-state index contributed by atoms with van der Waals surface area (Å²) in [5, 5.41) is 3.49. The quantitative estimate of drug-likeness (QED) is 0.0285. The fourth-order valence-electron chi connectivity index (χ4n) is 6.00. The van der Waals surface area contributed by atoms with Crippen LogP contribution in [0.15, 0.2) is 0 Å². The lowest BCUT2D eigenvalue weighted by molar-refractivity contribution is -0.144. The summed E-state index contributed by atoms with van der Waals surface area (Å²) in [6.45, 7) is 15.9. The van der Waals surface area contributed by atoms with Crippen LogP contribution in [0.1, 0.15) is 207 Å². The van der Waals surface area contributed by atoms with E-state index in [1.54, 1.807) is 0 Å². The molecule has 0 aliphatic rings. The SMILES string of the molecule is CCCCCCCCCCCCCCOC(=O)CCN(CCC)CCSSCCNCCCC.CCCCCCCCCCCCCCOC=O. The van der Waals surface area contributed by atoms with Crippen LogP contribution >= 0.6 is 21.6 Å². The number of hydrogen-bond acceptors (Lipinski definition) is 8. The minimum absolute atomic E-state index is 0.0237. The van der Waals surface area contributed by atoms with Crippen LogP contribution < -0.4 is 5.32 Å². The minimum atomic E-state index is -0.0237. The Hall–Kier alpha value is -0.440. The molecular weight excluding hydrogens is 673 g/mol. The van der Waals surface area contributed by atoms with Crippen LogP contribution in [0.5, 0.6) is 0 Å². The highest BCUT2D eigenvalue weighted by Gasteiger charge is 2.09. The van der Waals surface area contributed by atoms with Gasteiger partial charge in [0.25, 0.3) is 6.47 Å². The van der Waals surface area contributed by atoms with Crippen LogP contribution in [0.2, 0.25) is 0 Å². The summed E-state index contributed by atoms with van der Waals surface area (Å²) in [4.78, 5) is 24.4. The monoisotopic (exact) mass is 761 g/mol. The highest BCUT2D eigenvalue weighted by molar-refractivity contribution is 8.76. The Morgan fingerprint density at radius 1 is 0.510 bits per heavy atom. The van der Waals surface area contributed by atoms with Crippen LogP contribution in [0.25, 0.3) is 0 Å². The second-order valence-electron chi connectivity index (χ2n) is 14.3. The fourth-order valence-corrected chi connectivity index (χ4v) is 7.98. The fraction of sp³-hybridized carbons (Fsp3) is 0.953. The summed E-state index contributed by atoms with van der Waals surface area (Å²) in [5.74, 6) is 2.26. The molecule has 0 aliphatic carbocycles. The van der Waals surface area contributed by atoms with E-state index in [4.69, 9.17) is 4.74 Å². The minimum Gasteiger partial charge on any atom is -0.468 e. The summed E-state index contributed by atoms with van der Waals surface area (Å²) in [5.41, 5.74) is 0. The summed E-state index contributed by atoms with van der Waals surface area (Å²) in [6.07, 6.45) is 36.2. The van der Waals surface area contributed by atoms with E-state index < -0.39 is 0 Å². The standard InChI is InChI=1S/C28H58N2O2S2.C15H30O2/c1-4-7-9-10-11-12-13-14-15-16-17-18-25-32-28(31)19-23-30(22-6-3)24-27-34-33-26-21-29-20-8-5-2;1-2-3-4-5-6-7-8-9-10-11-12-13-14-17-15-16/h29H,4-27H2,1-3H3;15H,2-14H2,1H3. The Balaban J connectivity index is 0. The molecule has 0 aliphatic heterocycles. The van der Waals surface area contributed by atoms with Gasteiger partial charge in [0.15, 0.2) is 0 Å². The first-order valence-electron chi connectivity index (χ1n) is 22.0. The molecule has 0 amide bonds. The molecule has 51 heavy (non-hydrogen) atoms. The predicted molar refractivity (Wildman–Crippen MR) is 229 cm³/mol. The second-order valence-corrected chi connectivity index (χ2v) is 17.0. The third kappa shape index (κ3) is 49.6. The first-order valence-corrected chi connectivity index (χ1v) is 24.5. The Morgan fingerprint density at radius 3 is 1.43 bits per heavy atom. The van der Waals surface area contributed by atoms with Crippen molar-refractivity contribution in [1.29, 1.82) is 0 Å². The van der Waals surface area contributed by atoms with Crippen molar-refractivity contribution in [1.82, 2.24) is 10.2 Å². The van der Waals surface area contributed by atoms with Gasteiger partial charge in [0.05, 0.1) is 19.6 Å². The molecule has 0 aromatic heterocycles. The van der Waals surface area contributed by atoms with Gasteiger partial charge in [0.2, 0.25) is 0 Å². The lowest BCUT2D eigenvalue weighted by Crippen LogP contribution is -2.30. The summed E-state index contributed by atoms with van der Waals surface area (Å²) >= 11 is 0. The molecule has 6 nitrogen and oxygen atoms in total. The maximum Gasteiger partial charge on any atom is 0.307 e. The van der Waals surface area contributed by atoms with Crippen molar-refractivity contribution in [2.24, 2.45) is 0 Å². The van der Waals surface area contributed by atoms with Gasteiger partial charge in [-0.05, 0) is 38.8 Å². The third-order valence-electron chi connectivity index (χ3n) is 9.26. The first kappa shape index (κ1) is 52.7. The van der Waals surface area contributed by atoms with Gasteiger partial charge in [0, 0.05) is 31.1 Å². The van der Waals surface area contributed by atoms with Crippen LogP contribution in [0, 0.1) is 0 Å². The van der Waals surface area contributed by atoms with E-state index in [0.717, 1.165) is 63.5 Å². The molecule has 0 aromatic rings. The van der Waals surface area contributed by atoms with E-state index in [2.05, 4.69) is 42.6 Å². The van der Waals surface area contributed by atoms with Crippen molar-refractivity contribution in [3.8, 4) is 0 Å². The number of rotatable bonds is 42. The average molecular weight is 761 g/mol. The molecule has 306 valence electrons. The van der Waals surface area contributed by atoms with Crippen molar-refractivity contribution in [3.05, 3.63) is 0 Å². The molecule has 0 bridgehead atoms. The zero-order valence-corrected chi connectivity index (χ0v) is 36.3. The highest BCUT2D eigenvalue weighted by atomic mass is 33.1. The predicted octanol–water partition coefficient (Wildman–Crippen LogP) is 13.0. The number of hydrogen-bond donors (Lipinski definition) is 1. The van der Waals surface area contributed by atoms with Crippen molar-refractivity contribution in [2.45, 2.75) is 207 Å². The topological polar surface area (TPSA) is 67.9 Å². The Labute approximate surface area is 327 Å². The first-order chi connectivity index (χ1) is 25.2. The Morgan fingerprint density at radius 2 is 0.961 bits per heavy atom. The third-order valence-corrected chi connectivity index (χ3v) is 11.6. The zero-order valence-electron chi connectivity index (χ0n) is 34.6. The lowest BCUT2D eigenvalue weighted by Gasteiger charge is -2.20. The number of unbranched alkanes of at least 4 members (excludes halogenated alkanes) is 23. The number of carbonyl (C=O) groups excluding carboxylic acids is 2. The van der Waals surface area contributed by atoms with Gasteiger partial charge in [-0.25, -0.2) is 0 Å². The normalized spacial score (nSPS) is 11.1. The van der Waals surface area contributed by atoms with Crippen molar-refractivity contribution in [3.63, 3.8) is 0 Å². The maximum atomic E-state index is 12.1. The number of esters is 1. The lowest BCUT2D eigenvalue weighted by atomic mass is 10.1. The summed E-state index contributed by atoms with van der Waals surface area (Å²) in [6, 6.07) is 0. The van der Waals surface area contributed by atoms with Crippen molar-refractivity contribution < 1.29 is 19.1 Å². The molecule has 0 saturated carbocycles. The second kappa shape index (κ2) is 49.6. The van der Waals surface area contributed by atoms with Crippen LogP contribution in [0.4, 0.5) is 0 Å². The summed E-state index contributed by atoms with van der Waals surface area (Å²) < 4.78 is 10.1. The van der Waals surface area contributed by atoms with E-state index >= 15 is 0 Å². The van der Waals surface area contributed by atoms with Crippen LogP contribution in [-0.4, -0.2) is 74.8 Å². The molecule has 8 heteroatoms. The Bertz CT molecular complexity index is 659. The molecule has 0 aromatic carbocycles. The number of carbonyl (C=O) groups is 2. The molecule has 0 rings (SSSR count). The van der Waals surface area contributed by atoms with Gasteiger partial charge < -0.3 is 19.7 Å². The molecule has 0 spiro atoms. The molecule has 0 radical (unpaired) electrons. The van der Waals surface area contributed by atoms with E-state index in [0.29, 0.717) is 26.1 Å². The molecule has 0 saturated heterocycles. The molecule has 0 heterocycles. The molecule has 0 unspecified atom stereocenters. The molecule has 0 atom stereocenters. The van der Waals surface area contributed by atoms with Crippen molar-refractivity contribution in [2.75, 3.05) is 57.4 Å². The average Bonchev–Trinajstić information content (AvgIpc) is 3.14. The number of nitrogens with one attached hydrogen (secondary N) is 1. The molecular formula is C43H88N2O4S2. The van der Waals surface area contributed by atoms with Gasteiger partial charge in [0.1, 0.15) is 0 Å². The van der Waals surface area contributed by atoms with Crippen LogP contribution in [-0.2, 0) is 19.1 Å². The van der Waals surface area contributed by atoms with Gasteiger partial charge >= 0.3 is 5.97 Å². The Kier molecular flexibility index (Phi) is 51.2. The largest absolute Gasteiger partial charge is 0.468 e. The number of nitrogens with zero attached hydrogens (tertiary/aromatic N) is 1. The van der Waals surface area contributed by atoms with Gasteiger partial charge in [-0.2, -0.15) is 0 Å². The summed E-state index contributed by atoms with van der Waals surface area (Å²) in [7, 11) is 3.91. The smallest absolute Gasteiger partial charge is 0.307 e. The van der Waals surface area contributed by atoms with E-state index in [-0.39, 0.29) is 5.97 Å². The maximum absolute atomic E-state index is 12.1. The molecule has 1 N–H and O–H groups in total. The van der Waals surface area contributed by atoms with E-state index in [1.165, 1.54) is 154 Å². The van der Waals surface area contributed by atoms with Crippen LogP contribution in [0.3, 0.4) is 0 Å².